The molecule has 0 amide bonds. The molecule has 1 unspecified atom stereocenters. The second kappa shape index (κ2) is 14.3. The molecule has 0 saturated carbocycles. The number of aliphatic hydroxyl groups excluding tert-OH is 1. The lowest BCUT2D eigenvalue weighted by Crippen LogP contribution is -2.31. The van der Waals surface area contributed by atoms with Gasteiger partial charge in [-0.3, -0.25) is 0 Å². The van der Waals surface area contributed by atoms with Crippen LogP contribution in [0, 0.1) is 5.92 Å². The van der Waals surface area contributed by atoms with Crippen molar-refractivity contribution in [1.29, 1.82) is 0 Å². The normalized spacial score (nSPS) is 13.1. The van der Waals surface area contributed by atoms with Gasteiger partial charge in [-0.25, -0.2) is 0 Å². The van der Waals surface area contributed by atoms with Gasteiger partial charge in [0.25, 0.3) is 0 Å². The van der Waals surface area contributed by atoms with Gasteiger partial charge in [-0.15, -0.1) is 0 Å². The Balaban J connectivity index is 3.14. The van der Waals surface area contributed by atoms with Crippen molar-refractivity contribution in [2.75, 3.05) is 39.5 Å². The van der Waals surface area contributed by atoms with E-state index in [-0.39, 0.29) is 0 Å². The maximum absolute atomic E-state index is 9.67. The van der Waals surface area contributed by atoms with Gasteiger partial charge in [0.1, 0.15) is 0 Å². The second-order valence-corrected chi connectivity index (χ2v) is 5.43. The zero-order valence-electron chi connectivity index (χ0n) is 13.0. The Kier molecular flexibility index (Phi) is 14.1. The van der Waals surface area contributed by atoms with Crippen molar-refractivity contribution in [3.8, 4) is 0 Å². The molecular weight excluding hydrogens is 242 g/mol. The van der Waals surface area contributed by atoms with E-state index in [1.165, 1.54) is 6.42 Å². The number of unbranched alkanes of at least 4 members (excludes halogenated alkanes) is 1. The van der Waals surface area contributed by atoms with Crippen molar-refractivity contribution >= 4 is 0 Å². The third kappa shape index (κ3) is 15.8. The smallest absolute Gasteiger partial charge is 0.0897 e. The molecule has 0 bridgehead atoms. The summed E-state index contributed by atoms with van der Waals surface area (Å²) in [7, 11) is 0. The highest BCUT2D eigenvalue weighted by Gasteiger charge is 2.03. The van der Waals surface area contributed by atoms with Crippen LogP contribution in [0.1, 0.15) is 46.5 Å². The van der Waals surface area contributed by atoms with E-state index in [1.807, 2.05) is 0 Å². The first-order valence-corrected chi connectivity index (χ1v) is 7.71. The zero-order chi connectivity index (χ0) is 14.3. The highest BCUT2D eigenvalue weighted by atomic mass is 16.5. The van der Waals surface area contributed by atoms with Crippen molar-refractivity contribution in [2.45, 2.75) is 52.6 Å². The highest BCUT2D eigenvalue weighted by molar-refractivity contribution is 4.59. The third-order valence-corrected chi connectivity index (χ3v) is 2.84. The summed E-state index contributed by atoms with van der Waals surface area (Å²) in [5.41, 5.74) is 0. The molecule has 0 aliphatic heterocycles. The number of aliphatic hydroxyl groups is 1. The van der Waals surface area contributed by atoms with Gasteiger partial charge in [0.05, 0.1) is 25.9 Å². The fourth-order valence-electron chi connectivity index (χ4n) is 1.65. The first-order chi connectivity index (χ1) is 9.16. The fraction of sp³-hybridized carbons (Fsp3) is 1.00. The van der Waals surface area contributed by atoms with E-state index in [4.69, 9.17) is 9.47 Å². The molecule has 2 N–H and O–H groups in total. The summed E-state index contributed by atoms with van der Waals surface area (Å²) >= 11 is 0. The lowest BCUT2D eigenvalue weighted by Gasteiger charge is -2.13. The molecule has 0 aromatic rings. The standard InChI is InChI=1S/C15H33NO3/c1-4-5-9-18-10-11-19-13-15(17)12-16-8-6-7-14(2)3/h14-17H,4-13H2,1-3H3. The van der Waals surface area contributed by atoms with Crippen LogP contribution >= 0.6 is 0 Å². The van der Waals surface area contributed by atoms with Gasteiger partial charge in [0.15, 0.2) is 0 Å². The van der Waals surface area contributed by atoms with Gasteiger partial charge in [0.2, 0.25) is 0 Å². The summed E-state index contributed by atoms with van der Waals surface area (Å²) in [4.78, 5) is 0. The predicted octanol–water partition coefficient (Wildman–Crippen LogP) is 2.21. The molecule has 0 fully saturated rings. The van der Waals surface area contributed by atoms with Gasteiger partial charge in [-0.1, -0.05) is 27.2 Å². The first kappa shape index (κ1) is 18.8. The number of hydrogen-bond acceptors (Lipinski definition) is 4. The minimum atomic E-state index is -0.422. The average molecular weight is 275 g/mol. The summed E-state index contributed by atoms with van der Waals surface area (Å²) in [6.07, 6.45) is 4.23. The topological polar surface area (TPSA) is 50.7 Å². The maximum Gasteiger partial charge on any atom is 0.0897 e. The lowest BCUT2D eigenvalue weighted by atomic mass is 10.1. The number of rotatable bonds is 14. The van der Waals surface area contributed by atoms with Crippen LogP contribution < -0.4 is 5.32 Å². The molecule has 0 aliphatic rings. The molecule has 4 heteroatoms. The van der Waals surface area contributed by atoms with Crippen molar-refractivity contribution in [1.82, 2.24) is 5.32 Å². The largest absolute Gasteiger partial charge is 0.389 e. The Hall–Kier alpha value is -0.160. The molecule has 0 rings (SSSR count). The third-order valence-electron chi connectivity index (χ3n) is 2.84. The monoisotopic (exact) mass is 275 g/mol. The summed E-state index contributed by atoms with van der Waals surface area (Å²) < 4.78 is 10.7. The average Bonchev–Trinajstić information content (AvgIpc) is 2.37. The Labute approximate surface area is 118 Å². The molecule has 116 valence electrons. The van der Waals surface area contributed by atoms with E-state index in [1.54, 1.807) is 0 Å². The van der Waals surface area contributed by atoms with E-state index in [0.29, 0.717) is 26.4 Å². The molecule has 0 aromatic carbocycles. The minimum Gasteiger partial charge on any atom is -0.389 e. The summed E-state index contributed by atoms with van der Waals surface area (Å²) in [5.74, 6) is 0.753. The van der Waals surface area contributed by atoms with Gasteiger partial charge >= 0.3 is 0 Å². The summed E-state index contributed by atoms with van der Waals surface area (Å²) in [5, 5.41) is 12.9. The molecule has 1 atom stereocenters. The van der Waals surface area contributed by atoms with Crippen LogP contribution in [-0.2, 0) is 9.47 Å². The number of hydrogen-bond donors (Lipinski definition) is 2. The molecule has 0 heterocycles. The predicted molar refractivity (Wildman–Crippen MR) is 79.5 cm³/mol. The molecule has 19 heavy (non-hydrogen) atoms. The van der Waals surface area contributed by atoms with Crippen molar-refractivity contribution in [3.63, 3.8) is 0 Å². The lowest BCUT2D eigenvalue weighted by molar-refractivity contribution is 0.00396. The molecule has 0 aromatic heterocycles. The van der Waals surface area contributed by atoms with Crippen LogP contribution in [0.5, 0.6) is 0 Å². The molecule has 4 nitrogen and oxygen atoms in total. The molecule has 0 aliphatic carbocycles. The first-order valence-electron chi connectivity index (χ1n) is 7.71. The molecule has 0 radical (unpaired) electrons. The van der Waals surface area contributed by atoms with E-state index in [9.17, 15) is 5.11 Å². The quantitative estimate of drug-likeness (QED) is 0.477. The zero-order valence-corrected chi connectivity index (χ0v) is 13.0. The molecule has 0 spiro atoms. The van der Waals surface area contributed by atoms with Crippen molar-refractivity contribution in [2.24, 2.45) is 5.92 Å². The van der Waals surface area contributed by atoms with Crippen LogP contribution in [0.2, 0.25) is 0 Å². The molecule has 0 saturated heterocycles. The van der Waals surface area contributed by atoms with Crippen LogP contribution in [0.3, 0.4) is 0 Å². The Morgan fingerprint density at radius 1 is 1.05 bits per heavy atom. The van der Waals surface area contributed by atoms with Crippen LogP contribution in [0.25, 0.3) is 0 Å². The van der Waals surface area contributed by atoms with Gasteiger partial charge in [0, 0.05) is 13.2 Å². The maximum atomic E-state index is 9.67. The number of nitrogens with one attached hydrogen (secondary N) is 1. The SMILES string of the molecule is CCCCOCCOCC(O)CNCCCC(C)C. The summed E-state index contributed by atoms with van der Waals surface area (Å²) in [6.45, 7) is 10.5. The van der Waals surface area contributed by atoms with Crippen LogP contribution in [0.4, 0.5) is 0 Å². The minimum absolute atomic E-state index is 0.383. The van der Waals surface area contributed by atoms with E-state index in [0.717, 1.165) is 38.3 Å². The van der Waals surface area contributed by atoms with Crippen molar-refractivity contribution in [3.05, 3.63) is 0 Å². The van der Waals surface area contributed by atoms with Crippen LogP contribution in [-0.4, -0.2) is 50.7 Å². The Bertz CT molecular complexity index is 177. The van der Waals surface area contributed by atoms with E-state index >= 15 is 0 Å². The van der Waals surface area contributed by atoms with Crippen LogP contribution in [0.15, 0.2) is 0 Å². The number of ether oxygens (including phenoxy) is 2. The Morgan fingerprint density at radius 2 is 1.79 bits per heavy atom. The Morgan fingerprint density at radius 3 is 2.47 bits per heavy atom. The fourth-order valence-corrected chi connectivity index (χ4v) is 1.65. The highest BCUT2D eigenvalue weighted by Crippen LogP contribution is 2.01. The van der Waals surface area contributed by atoms with Gasteiger partial charge in [-0.05, 0) is 31.7 Å². The molecular formula is C15H33NO3. The van der Waals surface area contributed by atoms with E-state index < -0.39 is 6.10 Å². The van der Waals surface area contributed by atoms with Gasteiger partial charge in [-0.2, -0.15) is 0 Å². The summed E-state index contributed by atoms with van der Waals surface area (Å²) in [6, 6.07) is 0. The van der Waals surface area contributed by atoms with Gasteiger partial charge < -0.3 is 19.9 Å². The second-order valence-electron chi connectivity index (χ2n) is 5.43. The van der Waals surface area contributed by atoms with Crippen molar-refractivity contribution < 1.29 is 14.6 Å². The van der Waals surface area contributed by atoms with E-state index in [2.05, 4.69) is 26.1 Å².